The van der Waals surface area contributed by atoms with Gasteiger partial charge in [0.05, 0.1) is 19.6 Å². The third-order valence-corrected chi connectivity index (χ3v) is 5.15. The molecule has 0 radical (unpaired) electrons. The van der Waals surface area contributed by atoms with Gasteiger partial charge in [-0.2, -0.15) is 17.0 Å². The van der Waals surface area contributed by atoms with Crippen LogP contribution >= 0.6 is 0 Å². The van der Waals surface area contributed by atoms with Gasteiger partial charge in [0.1, 0.15) is 6.54 Å². The van der Waals surface area contributed by atoms with Crippen molar-refractivity contribution in [3.8, 4) is 12.3 Å². The van der Waals surface area contributed by atoms with Crippen molar-refractivity contribution in [1.82, 2.24) is 8.61 Å². The summed E-state index contributed by atoms with van der Waals surface area (Å²) < 4.78 is 31.2. The fraction of sp³-hybridized carbons (Fsp3) is 0.667. The Morgan fingerprint density at radius 1 is 1.43 bits per heavy atom. The maximum atomic E-state index is 12.3. The molecule has 0 bridgehead atoms. The first-order chi connectivity index (χ1) is 9.82. The van der Waals surface area contributed by atoms with Crippen molar-refractivity contribution in [2.45, 2.75) is 12.8 Å². The van der Waals surface area contributed by atoms with E-state index in [0.29, 0.717) is 12.8 Å². The van der Waals surface area contributed by atoms with Gasteiger partial charge in [0.15, 0.2) is 0 Å². The number of aliphatic carboxylic acids is 1. The molecule has 8 nitrogen and oxygen atoms in total. The molecule has 0 aliphatic carbocycles. The summed E-state index contributed by atoms with van der Waals surface area (Å²) in [5.74, 6) is 0.163. The quantitative estimate of drug-likeness (QED) is 0.504. The largest absolute Gasteiger partial charge is 0.480 e. The van der Waals surface area contributed by atoms with Gasteiger partial charge in [0.25, 0.3) is 10.2 Å². The molecule has 0 amide bonds. The average Bonchev–Trinajstić information content (AvgIpc) is 2.45. The number of carbonyl (C=O) groups excluding carboxylic acids is 1. The summed E-state index contributed by atoms with van der Waals surface area (Å²) >= 11 is 0. The van der Waals surface area contributed by atoms with E-state index in [1.807, 2.05) is 0 Å². The molecule has 0 aromatic rings. The summed E-state index contributed by atoms with van der Waals surface area (Å²) in [4.78, 5) is 22.1. The van der Waals surface area contributed by atoms with Crippen LogP contribution in [0.25, 0.3) is 0 Å². The second kappa shape index (κ2) is 7.40. The zero-order valence-corrected chi connectivity index (χ0v) is 12.5. The SMILES string of the molecule is C#CCN(CC(=O)O)S(=O)(=O)N1CCC(C(=O)OC)CC1. The minimum Gasteiger partial charge on any atom is -0.480 e. The van der Waals surface area contributed by atoms with E-state index in [9.17, 15) is 18.0 Å². The molecular formula is C12H18N2O6S. The first kappa shape index (κ1) is 17.4. The maximum Gasteiger partial charge on any atom is 0.318 e. The number of piperidine rings is 1. The lowest BCUT2D eigenvalue weighted by atomic mass is 9.99. The van der Waals surface area contributed by atoms with Crippen molar-refractivity contribution in [1.29, 1.82) is 0 Å². The van der Waals surface area contributed by atoms with Crippen LogP contribution in [-0.4, -0.2) is 67.4 Å². The van der Waals surface area contributed by atoms with Crippen molar-refractivity contribution in [2.24, 2.45) is 5.92 Å². The first-order valence-corrected chi connectivity index (χ1v) is 7.71. The van der Waals surface area contributed by atoms with E-state index in [-0.39, 0.29) is 31.5 Å². The van der Waals surface area contributed by atoms with Crippen LogP contribution in [0.3, 0.4) is 0 Å². The van der Waals surface area contributed by atoms with Gasteiger partial charge in [0, 0.05) is 13.1 Å². The number of hydrogen-bond donors (Lipinski definition) is 1. The van der Waals surface area contributed by atoms with E-state index < -0.39 is 22.7 Å². The number of ether oxygens (including phenoxy) is 1. The lowest BCUT2D eigenvalue weighted by Crippen LogP contribution is -2.49. The van der Waals surface area contributed by atoms with Crippen LogP contribution in [0.1, 0.15) is 12.8 Å². The summed E-state index contributed by atoms with van der Waals surface area (Å²) in [5, 5.41) is 8.76. The molecule has 0 atom stereocenters. The molecule has 1 aliphatic rings. The van der Waals surface area contributed by atoms with Crippen molar-refractivity contribution < 1.29 is 27.9 Å². The molecular weight excluding hydrogens is 300 g/mol. The van der Waals surface area contributed by atoms with Crippen LogP contribution in [-0.2, 0) is 24.5 Å². The Bertz CT molecular complexity index is 530. The third kappa shape index (κ3) is 4.42. The molecule has 0 unspecified atom stereocenters. The fourth-order valence-electron chi connectivity index (χ4n) is 2.12. The van der Waals surface area contributed by atoms with E-state index in [0.717, 1.165) is 8.61 Å². The Labute approximate surface area is 123 Å². The minimum atomic E-state index is -3.95. The van der Waals surface area contributed by atoms with E-state index >= 15 is 0 Å². The van der Waals surface area contributed by atoms with Gasteiger partial charge in [0.2, 0.25) is 0 Å². The molecule has 118 valence electrons. The molecule has 9 heteroatoms. The third-order valence-electron chi connectivity index (χ3n) is 3.22. The van der Waals surface area contributed by atoms with Crippen molar-refractivity contribution in [3.05, 3.63) is 0 Å². The number of hydrogen-bond acceptors (Lipinski definition) is 5. The minimum absolute atomic E-state index is 0.128. The van der Waals surface area contributed by atoms with E-state index in [1.165, 1.54) is 7.11 Å². The zero-order valence-electron chi connectivity index (χ0n) is 11.7. The molecule has 1 fully saturated rings. The second-order valence-corrected chi connectivity index (χ2v) is 6.50. The predicted molar refractivity (Wildman–Crippen MR) is 73.3 cm³/mol. The topological polar surface area (TPSA) is 104 Å². The number of terminal acetylenes is 1. The Kier molecular flexibility index (Phi) is 6.14. The molecule has 1 aliphatic heterocycles. The smallest absolute Gasteiger partial charge is 0.318 e. The number of carboxylic acids is 1. The molecule has 0 saturated carbocycles. The van der Waals surface area contributed by atoms with Gasteiger partial charge < -0.3 is 9.84 Å². The highest BCUT2D eigenvalue weighted by Gasteiger charge is 2.35. The monoisotopic (exact) mass is 318 g/mol. The summed E-state index contributed by atoms with van der Waals surface area (Å²) in [6.45, 7) is -0.749. The van der Waals surface area contributed by atoms with Crippen LogP contribution in [0.5, 0.6) is 0 Å². The fourth-order valence-corrected chi connectivity index (χ4v) is 3.63. The van der Waals surface area contributed by atoms with Crippen LogP contribution in [0.2, 0.25) is 0 Å². The summed E-state index contributed by atoms with van der Waals surface area (Å²) in [6.07, 6.45) is 5.75. The maximum absolute atomic E-state index is 12.3. The van der Waals surface area contributed by atoms with Crippen LogP contribution in [0, 0.1) is 18.3 Å². The highest BCUT2D eigenvalue weighted by atomic mass is 32.2. The van der Waals surface area contributed by atoms with Gasteiger partial charge in [-0.05, 0) is 12.8 Å². The molecule has 1 rings (SSSR count). The van der Waals surface area contributed by atoms with Gasteiger partial charge in [-0.3, -0.25) is 9.59 Å². The highest BCUT2D eigenvalue weighted by molar-refractivity contribution is 7.86. The lowest BCUT2D eigenvalue weighted by molar-refractivity contribution is -0.146. The second-order valence-electron chi connectivity index (χ2n) is 4.57. The summed E-state index contributed by atoms with van der Waals surface area (Å²) in [6, 6.07) is 0. The molecule has 0 aromatic heterocycles. The van der Waals surface area contributed by atoms with Crippen molar-refractivity contribution >= 4 is 22.1 Å². The van der Waals surface area contributed by atoms with Crippen molar-refractivity contribution in [3.63, 3.8) is 0 Å². The normalized spacial score (nSPS) is 17.4. The summed E-state index contributed by atoms with van der Waals surface area (Å²) in [5.41, 5.74) is 0. The molecule has 21 heavy (non-hydrogen) atoms. The zero-order chi connectivity index (χ0) is 16.0. The van der Waals surface area contributed by atoms with Crippen LogP contribution < -0.4 is 0 Å². The van der Waals surface area contributed by atoms with Gasteiger partial charge in [-0.1, -0.05) is 5.92 Å². The van der Waals surface area contributed by atoms with E-state index in [1.54, 1.807) is 0 Å². The standard InChI is InChI=1S/C12H18N2O6S/c1-3-6-14(9-11(15)16)21(18,19)13-7-4-10(5-8-13)12(17)20-2/h1,10H,4-9H2,2H3,(H,15,16). The molecule has 1 N–H and O–H groups in total. The van der Waals surface area contributed by atoms with Crippen LogP contribution in [0.4, 0.5) is 0 Å². The lowest BCUT2D eigenvalue weighted by Gasteiger charge is -2.32. The van der Waals surface area contributed by atoms with Gasteiger partial charge in [-0.25, -0.2) is 0 Å². The Hall–Kier alpha value is -1.63. The first-order valence-electron chi connectivity index (χ1n) is 6.31. The Balaban J connectivity index is 2.77. The predicted octanol–water partition coefficient (Wildman–Crippen LogP) is -0.864. The molecule has 1 saturated heterocycles. The van der Waals surface area contributed by atoms with Gasteiger partial charge in [-0.15, -0.1) is 6.42 Å². The average molecular weight is 318 g/mol. The molecule has 1 heterocycles. The summed E-state index contributed by atoms with van der Waals surface area (Å²) in [7, 11) is -2.66. The van der Waals surface area contributed by atoms with Crippen LogP contribution in [0.15, 0.2) is 0 Å². The van der Waals surface area contributed by atoms with Crippen molar-refractivity contribution in [2.75, 3.05) is 33.3 Å². The number of esters is 1. The molecule has 0 spiro atoms. The molecule has 0 aromatic carbocycles. The van der Waals surface area contributed by atoms with E-state index in [4.69, 9.17) is 11.5 Å². The number of rotatable bonds is 6. The highest BCUT2D eigenvalue weighted by Crippen LogP contribution is 2.22. The van der Waals surface area contributed by atoms with E-state index in [2.05, 4.69) is 10.7 Å². The number of methoxy groups -OCH3 is 1. The number of carboxylic acid groups (broad SMARTS) is 1. The van der Waals surface area contributed by atoms with Gasteiger partial charge >= 0.3 is 11.9 Å². The number of carbonyl (C=O) groups is 2. The Morgan fingerprint density at radius 3 is 2.43 bits per heavy atom. The Morgan fingerprint density at radius 2 is 2.00 bits per heavy atom. The number of nitrogens with zero attached hydrogens (tertiary/aromatic N) is 2.